The first-order chi connectivity index (χ1) is 9.19. The summed E-state index contributed by atoms with van der Waals surface area (Å²) in [6.45, 7) is 3.06. The molecule has 1 fully saturated rings. The van der Waals surface area contributed by atoms with Crippen molar-refractivity contribution in [1.29, 1.82) is 0 Å². The van der Waals surface area contributed by atoms with Gasteiger partial charge in [-0.15, -0.1) is 0 Å². The van der Waals surface area contributed by atoms with E-state index in [-0.39, 0.29) is 5.41 Å². The highest BCUT2D eigenvalue weighted by molar-refractivity contribution is 5.83. The number of carbonyl (C=O) groups excluding carboxylic acids is 1. The molecule has 2 aliphatic rings. The van der Waals surface area contributed by atoms with Gasteiger partial charge in [0.2, 0.25) is 5.91 Å². The Kier molecular flexibility index (Phi) is 3.21. The van der Waals surface area contributed by atoms with Gasteiger partial charge in [0.15, 0.2) is 0 Å². The number of hydrogen-bond acceptors (Lipinski definition) is 2. The fraction of sp³-hybridized carbons (Fsp3) is 0.562. The van der Waals surface area contributed by atoms with Crippen molar-refractivity contribution >= 4 is 5.91 Å². The SMILES string of the molecule is CC12CCCC=C1N(CCCc1ccco1)C(=O)C2. The van der Waals surface area contributed by atoms with E-state index in [0.29, 0.717) is 12.3 Å². The molecular formula is C16H21NO2. The van der Waals surface area contributed by atoms with E-state index >= 15 is 0 Å². The first-order valence-electron chi connectivity index (χ1n) is 7.22. The lowest BCUT2D eigenvalue weighted by molar-refractivity contribution is -0.127. The van der Waals surface area contributed by atoms with Gasteiger partial charge in [0.25, 0.3) is 0 Å². The van der Waals surface area contributed by atoms with E-state index in [1.807, 2.05) is 17.0 Å². The summed E-state index contributed by atoms with van der Waals surface area (Å²) in [5, 5.41) is 0. The zero-order valence-electron chi connectivity index (χ0n) is 11.5. The Morgan fingerprint density at radius 2 is 2.37 bits per heavy atom. The summed E-state index contributed by atoms with van der Waals surface area (Å²) in [4.78, 5) is 14.2. The first kappa shape index (κ1) is 12.5. The van der Waals surface area contributed by atoms with Crippen LogP contribution < -0.4 is 0 Å². The number of carbonyl (C=O) groups is 1. The number of fused-ring (bicyclic) bond motifs is 1. The second-order valence-electron chi connectivity index (χ2n) is 5.95. The summed E-state index contributed by atoms with van der Waals surface area (Å²) in [6.07, 6.45) is 10.0. The molecule has 1 atom stereocenters. The van der Waals surface area contributed by atoms with Crippen molar-refractivity contribution in [2.24, 2.45) is 5.41 Å². The summed E-state index contributed by atoms with van der Waals surface area (Å²) in [5.41, 5.74) is 1.39. The Balaban J connectivity index is 1.64. The Hall–Kier alpha value is -1.51. The molecular weight excluding hydrogens is 238 g/mol. The molecule has 1 aliphatic heterocycles. The van der Waals surface area contributed by atoms with Crippen molar-refractivity contribution in [2.45, 2.75) is 45.4 Å². The highest BCUT2D eigenvalue weighted by atomic mass is 16.3. The topological polar surface area (TPSA) is 33.5 Å². The molecule has 1 unspecified atom stereocenters. The van der Waals surface area contributed by atoms with Crippen molar-refractivity contribution in [3.05, 3.63) is 35.9 Å². The van der Waals surface area contributed by atoms with Crippen LogP contribution in [-0.2, 0) is 11.2 Å². The molecule has 0 aromatic carbocycles. The van der Waals surface area contributed by atoms with E-state index in [1.165, 1.54) is 12.1 Å². The molecule has 19 heavy (non-hydrogen) atoms. The van der Waals surface area contributed by atoms with Gasteiger partial charge in [0.1, 0.15) is 5.76 Å². The third-order valence-electron chi connectivity index (χ3n) is 4.41. The zero-order chi connectivity index (χ0) is 13.3. The van der Waals surface area contributed by atoms with E-state index in [2.05, 4.69) is 13.0 Å². The van der Waals surface area contributed by atoms with Gasteiger partial charge in [0, 0.05) is 30.5 Å². The minimum atomic E-state index is 0.111. The Labute approximate surface area is 114 Å². The van der Waals surface area contributed by atoms with Crippen LogP contribution in [0.2, 0.25) is 0 Å². The van der Waals surface area contributed by atoms with E-state index in [4.69, 9.17) is 4.42 Å². The third kappa shape index (κ3) is 2.34. The molecule has 1 aliphatic carbocycles. The molecule has 0 N–H and O–H groups in total. The second kappa shape index (κ2) is 4.87. The largest absolute Gasteiger partial charge is 0.469 e. The van der Waals surface area contributed by atoms with Crippen LogP contribution in [0, 0.1) is 5.41 Å². The Bertz CT molecular complexity index is 489. The van der Waals surface area contributed by atoms with Gasteiger partial charge >= 0.3 is 0 Å². The van der Waals surface area contributed by atoms with E-state index < -0.39 is 0 Å². The van der Waals surface area contributed by atoms with Crippen LogP contribution in [0.25, 0.3) is 0 Å². The smallest absolute Gasteiger partial charge is 0.227 e. The average Bonchev–Trinajstić information content (AvgIpc) is 2.96. The molecule has 1 aromatic heterocycles. The summed E-state index contributed by atoms with van der Waals surface area (Å²) in [6, 6.07) is 3.91. The minimum absolute atomic E-state index is 0.111. The summed E-state index contributed by atoms with van der Waals surface area (Å²) in [7, 11) is 0. The van der Waals surface area contributed by atoms with Gasteiger partial charge in [-0.25, -0.2) is 0 Å². The number of rotatable bonds is 4. The van der Waals surface area contributed by atoms with Gasteiger partial charge in [-0.3, -0.25) is 4.79 Å². The molecule has 1 amide bonds. The number of likely N-dealkylation sites (tertiary alicyclic amines) is 1. The maximum absolute atomic E-state index is 12.2. The van der Waals surface area contributed by atoms with Crippen LogP contribution >= 0.6 is 0 Å². The molecule has 3 nitrogen and oxygen atoms in total. The fourth-order valence-electron chi connectivity index (χ4n) is 3.40. The van der Waals surface area contributed by atoms with Crippen LogP contribution in [0.3, 0.4) is 0 Å². The number of furan rings is 1. The zero-order valence-corrected chi connectivity index (χ0v) is 11.5. The van der Waals surface area contributed by atoms with Crippen molar-refractivity contribution in [3.8, 4) is 0 Å². The Morgan fingerprint density at radius 3 is 3.16 bits per heavy atom. The predicted molar refractivity (Wildman–Crippen MR) is 73.4 cm³/mol. The summed E-state index contributed by atoms with van der Waals surface area (Å²) in [5.74, 6) is 1.31. The van der Waals surface area contributed by atoms with Crippen molar-refractivity contribution < 1.29 is 9.21 Å². The highest BCUT2D eigenvalue weighted by Gasteiger charge is 2.44. The van der Waals surface area contributed by atoms with Crippen molar-refractivity contribution in [2.75, 3.05) is 6.54 Å². The quantitative estimate of drug-likeness (QED) is 0.829. The molecule has 0 spiro atoms. The van der Waals surface area contributed by atoms with Crippen LogP contribution in [0.1, 0.15) is 44.8 Å². The number of hydrogen-bond donors (Lipinski definition) is 0. The van der Waals surface area contributed by atoms with Gasteiger partial charge in [-0.1, -0.05) is 13.0 Å². The third-order valence-corrected chi connectivity index (χ3v) is 4.41. The molecule has 1 aromatic rings. The molecule has 0 saturated carbocycles. The van der Waals surface area contributed by atoms with Crippen LogP contribution in [-0.4, -0.2) is 17.4 Å². The van der Waals surface area contributed by atoms with Gasteiger partial charge in [-0.2, -0.15) is 0 Å². The van der Waals surface area contributed by atoms with Crippen LogP contribution in [0.4, 0.5) is 0 Å². The average molecular weight is 259 g/mol. The van der Waals surface area contributed by atoms with E-state index in [9.17, 15) is 4.79 Å². The maximum Gasteiger partial charge on any atom is 0.227 e. The predicted octanol–water partition coefficient (Wildman–Crippen LogP) is 3.52. The normalized spacial score (nSPS) is 26.5. The van der Waals surface area contributed by atoms with Crippen LogP contribution in [0.5, 0.6) is 0 Å². The second-order valence-corrected chi connectivity index (χ2v) is 5.95. The van der Waals surface area contributed by atoms with E-state index in [1.54, 1.807) is 6.26 Å². The summed E-state index contributed by atoms with van der Waals surface area (Å²) >= 11 is 0. The van der Waals surface area contributed by atoms with Crippen molar-refractivity contribution in [1.82, 2.24) is 4.90 Å². The Morgan fingerprint density at radius 1 is 1.47 bits per heavy atom. The van der Waals surface area contributed by atoms with Gasteiger partial charge in [-0.05, 0) is 37.8 Å². The molecule has 3 rings (SSSR count). The highest BCUT2D eigenvalue weighted by Crippen LogP contribution is 2.47. The first-order valence-corrected chi connectivity index (χ1v) is 7.22. The molecule has 0 bridgehead atoms. The lowest BCUT2D eigenvalue weighted by Crippen LogP contribution is -2.28. The molecule has 102 valence electrons. The van der Waals surface area contributed by atoms with Gasteiger partial charge < -0.3 is 9.32 Å². The molecule has 0 radical (unpaired) electrons. The number of allylic oxidation sites excluding steroid dienone is 2. The summed E-state index contributed by atoms with van der Waals surface area (Å²) < 4.78 is 5.33. The number of aryl methyl sites for hydroxylation is 1. The lowest BCUT2D eigenvalue weighted by Gasteiger charge is -2.31. The number of amides is 1. The fourth-order valence-corrected chi connectivity index (χ4v) is 3.40. The molecule has 2 heterocycles. The monoisotopic (exact) mass is 259 g/mol. The van der Waals surface area contributed by atoms with E-state index in [0.717, 1.165) is 38.0 Å². The molecule has 1 saturated heterocycles. The van der Waals surface area contributed by atoms with Crippen LogP contribution in [0.15, 0.2) is 34.6 Å². The van der Waals surface area contributed by atoms with Gasteiger partial charge in [0.05, 0.1) is 6.26 Å². The minimum Gasteiger partial charge on any atom is -0.469 e. The lowest BCUT2D eigenvalue weighted by atomic mass is 9.77. The standard InChI is InChI=1S/C16H21NO2/c1-16-9-3-2-8-14(16)17(15(18)12-16)10-4-6-13-7-5-11-19-13/h5,7-8,11H,2-4,6,9-10,12H2,1H3. The van der Waals surface area contributed by atoms with Crippen molar-refractivity contribution in [3.63, 3.8) is 0 Å². The number of nitrogens with zero attached hydrogens (tertiary/aromatic N) is 1. The maximum atomic E-state index is 12.2. The molecule has 3 heteroatoms.